The Labute approximate surface area is 126 Å². The highest BCUT2D eigenvalue weighted by atomic mass is 32.2. The van der Waals surface area contributed by atoms with Crippen LogP contribution < -0.4 is 14.8 Å². The molecule has 0 spiro atoms. The third-order valence-electron chi connectivity index (χ3n) is 3.67. The zero-order chi connectivity index (χ0) is 14.4. The predicted molar refractivity (Wildman–Crippen MR) is 86.0 cm³/mol. The molecule has 2 atom stereocenters. The summed E-state index contributed by atoms with van der Waals surface area (Å²) in [6.45, 7) is 5.32. The normalized spacial score (nSPS) is 19.9. The number of rotatable bonds is 7. The molecule has 112 valence electrons. The second kappa shape index (κ2) is 7.79. The van der Waals surface area contributed by atoms with Crippen molar-refractivity contribution >= 4 is 11.8 Å². The van der Waals surface area contributed by atoms with Gasteiger partial charge in [0.1, 0.15) is 0 Å². The van der Waals surface area contributed by atoms with Crippen LogP contribution in [0.3, 0.4) is 0 Å². The number of thioether (sulfide) groups is 1. The minimum atomic E-state index is 0.403. The van der Waals surface area contributed by atoms with Gasteiger partial charge in [0.05, 0.1) is 13.2 Å². The lowest BCUT2D eigenvalue weighted by Crippen LogP contribution is -2.25. The van der Waals surface area contributed by atoms with E-state index in [2.05, 4.69) is 29.2 Å². The monoisotopic (exact) mass is 295 g/mol. The Morgan fingerprint density at radius 1 is 1.25 bits per heavy atom. The van der Waals surface area contributed by atoms with Crippen molar-refractivity contribution in [3.8, 4) is 11.5 Å². The number of benzene rings is 1. The van der Waals surface area contributed by atoms with Crippen LogP contribution in [0.5, 0.6) is 11.5 Å². The Hall–Kier alpha value is -0.870. The molecule has 1 fully saturated rings. The van der Waals surface area contributed by atoms with Crippen LogP contribution in [-0.2, 0) is 0 Å². The topological polar surface area (TPSA) is 30.5 Å². The molecule has 1 heterocycles. The molecule has 1 saturated heterocycles. The molecule has 1 N–H and O–H groups in total. The molecule has 4 heteroatoms. The van der Waals surface area contributed by atoms with Gasteiger partial charge in [-0.2, -0.15) is 11.8 Å². The van der Waals surface area contributed by atoms with Crippen molar-refractivity contribution in [3.05, 3.63) is 23.8 Å². The van der Waals surface area contributed by atoms with Gasteiger partial charge in [-0.15, -0.1) is 0 Å². The smallest absolute Gasteiger partial charge is 0.161 e. The third-order valence-corrected chi connectivity index (χ3v) is 4.86. The van der Waals surface area contributed by atoms with Crippen LogP contribution in [0.4, 0.5) is 0 Å². The van der Waals surface area contributed by atoms with Gasteiger partial charge in [0.2, 0.25) is 0 Å². The van der Waals surface area contributed by atoms with Gasteiger partial charge in [0.25, 0.3) is 0 Å². The quantitative estimate of drug-likeness (QED) is 0.834. The van der Waals surface area contributed by atoms with Crippen molar-refractivity contribution in [1.29, 1.82) is 0 Å². The standard InChI is InChI=1S/C16H25NO2S/c1-4-18-14-7-6-12(10-15(14)19-5-2)16(17-3)13-8-9-20-11-13/h6-7,10,13,16-17H,4-5,8-9,11H2,1-3H3. The summed E-state index contributed by atoms with van der Waals surface area (Å²) in [5.74, 6) is 4.92. The molecule has 0 aromatic heterocycles. The van der Waals surface area contributed by atoms with E-state index < -0.39 is 0 Å². The van der Waals surface area contributed by atoms with E-state index in [-0.39, 0.29) is 0 Å². The fourth-order valence-corrected chi connectivity index (χ4v) is 4.05. The first-order chi connectivity index (χ1) is 9.80. The van der Waals surface area contributed by atoms with Gasteiger partial charge in [-0.25, -0.2) is 0 Å². The average Bonchev–Trinajstić information content (AvgIpc) is 2.97. The molecule has 0 amide bonds. The lowest BCUT2D eigenvalue weighted by atomic mass is 9.92. The molecule has 0 aliphatic carbocycles. The maximum absolute atomic E-state index is 5.73. The Bertz CT molecular complexity index is 419. The lowest BCUT2D eigenvalue weighted by Gasteiger charge is -2.24. The van der Waals surface area contributed by atoms with E-state index in [1.54, 1.807) is 0 Å². The predicted octanol–water partition coefficient (Wildman–Crippen LogP) is 3.50. The van der Waals surface area contributed by atoms with E-state index in [1.807, 2.05) is 27.0 Å². The van der Waals surface area contributed by atoms with Crippen LogP contribution in [0.2, 0.25) is 0 Å². The molecule has 0 radical (unpaired) electrons. The summed E-state index contributed by atoms with van der Waals surface area (Å²) in [6, 6.07) is 6.74. The van der Waals surface area contributed by atoms with Gasteiger partial charge in [0, 0.05) is 6.04 Å². The molecule has 0 bridgehead atoms. The molecule has 1 aromatic carbocycles. The SMILES string of the molecule is CCOc1ccc(C(NC)C2CCSC2)cc1OCC. The summed E-state index contributed by atoms with van der Waals surface area (Å²) >= 11 is 2.05. The second-order valence-electron chi connectivity index (χ2n) is 4.96. The Balaban J connectivity index is 2.23. The van der Waals surface area contributed by atoms with Crippen LogP contribution in [0.15, 0.2) is 18.2 Å². The summed E-state index contributed by atoms with van der Waals surface area (Å²) in [4.78, 5) is 0. The first-order valence-corrected chi connectivity index (χ1v) is 8.60. The van der Waals surface area contributed by atoms with Crippen LogP contribution in [0, 0.1) is 5.92 Å². The molecule has 1 aliphatic rings. The first-order valence-electron chi connectivity index (χ1n) is 7.44. The number of nitrogens with one attached hydrogen (secondary N) is 1. The molecule has 1 aliphatic heterocycles. The van der Waals surface area contributed by atoms with E-state index >= 15 is 0 Å². The maximum Gasteiger partial charge on any atom is 0.161 e. The minimum absolute atomic E-state index is 0.403. The Morgan fingerprint density at radius 3 is 2.60 bits per heavy atom. The summed E-state index contributed by atoms with van der Waals surface area (Å²) in [5, 5.41) is 3.47. The third kappa shape index (κ3) is 3.61. The van der Waals surface area contributed by atoms with Crippen molar-refractivity contribution in [2.24, 2.45) is 5.92 Å². The molecular formula is C16H25NO2S. The Kier molecular flexibility index (Phi) is 6.05. The highest BCUT2D eigenvalue weighted by Gasteiger charge is 2.26. The zero-order valence-electron chi connectivity index (χ0n) is 12.6. The summed E-state index contributed by atoms with van der Waals surface area (Å²) in [7, 11) is 2.05. The fourth-order valence-electron chi connectivity index (χ4n) is 2.75. The molecule has 3 nitrogen and oxygen atoms in total. The Morgan fingerprint density at radius 2 is 2.00 bits per heavy atom. The van der Waals surface area contributed by atoms with E-state index in [0.29, 0.717) is 25.2 Å². The molecule has 0 saturated carbocycles. The van der Waals surface area contributed by atoms with Crippen molar-refractivity contribution in [3.63, 3.8) is 0 Å². The second-order valence-corrected chi connectivity index (χ2v) is 6.11. The first kappa shape index (κ1) is 15.5. The van der Waals surface area contributed by atoms with E-state index in [1.165, 1.54) is 23.5 Å². The van der Waals surface area contributed by atoms with Gasteiger partial charge < -0.3 is 14.8 Å². The minimum Gasteiger partial charge on any atom is -0.490 e. The van der Waals surface area contributed by atoms with Crippen molar-refractivity contribution in [2.45, 2.75) is 26.3 Å². The molecular weight excluding hydrogens is 270 g/mol. The van der Waals surface area contributed by atoms with Crippen LogP contribution in [-0.4, -0.2) is 31.8 Å². The highest BCUT2D eigenvalue weighted by molar-refractivity contribution is 7.99. The number of ether oxygens (including phenoxy) is 2. The van der Waals surface area contributed by atoms with Gasteiger partial charge in [-0.1, -0.05) is 6.07 Å². The average molecular weight is 295 g/mol. The summed E-state index contributed by atoms with van der Waals surface area (Å²) in [6.07, 6.45) is 1.29. The van der Waals surface area contributed by atoms with Crippen molar-refractivity contribution in [2.75, 3.05) is 31.8 Å². The molecule has 2 rings (SSSR count). The molecule has 20 heavy (non-hydrogen) atoms. The van der Waals surface area contributed by atoms with Gasteiger partial charge >= 0.3 is 0 Å². The fraction of sp³-hybridized carbons (Fsp3) is 0.625. The van der Waals surface area contributed by atoms with Crippen LogP contribution in [0.1, 0.15) is 31.9 Å². The number of hydrogen-bond acceptors (Lipinski definition) is 4. The summed E-state index contributed by atoms with van der Waals surface area (Å²) < 4.78 is 11.4. The molecule has 2 unspecified atom stereocenters. The van der Waals surface area contributed by atoms with Gasteiger partial charge in [-0.05, 0) is 62.4 Å². The van der Waals surface area contributed by atoms with E-state index in [9.17, 15) is 0 Å². The highest BCUT2D eigenvalue weighted by Crippen LogP contribution is 2.37. The zero-order valence-corrected chi connectivity index (χ0v) is 13.5. The van der Waals surface area contributed by atoms with Crippen LogP contribution >= 0.6 is 11.8 Å². The maximum atomic E-state index is 5.73. The van der Waals surface area contributed by atoms with Crippen molar-refractivity contribution < 1.29 is 9.47 Å². The molecule has 1 aromatic rings. The summed E-state index contributed by atoms with van der Waals surface area (Å²) in [5.41, 5.74) is 1.30. The van der Waals surface area contributed by atoms with Crippen molar-refractivity contribution in [1.82, 2.24) is 5.32 Å². The van der Waals surface area contributed by atoms with Gasteiger partial charge in [-0.3, -0.25) is 0 Å². The van der Waals surface area contributed by atoms with Gasteiger partial charge in [0.15, 0.2) is 11.5 Å². The largest absolute Gasteiger partial charge is 0.490 e. The van der Waals surface area contributed by atoms with Crippen LogP contribution in [0.25, 0.3) is 0 Å². The van der Waals surface area contributed by atoms with E-state index in [4.69, 9.17) is 9.47 Å². The lowest BCUT2D eigenvalue weighted by molar-refractivity contribution is 0.286. The number of hydrogen-bond donors (Lipinski definition) is 1. The van der Waals surface area contributed by atoms with E-state index in [0.717, 1.165) is 11.5 Å².